The van der Waals surface area contributed by atoms with Gasteiger partial charge in [0.15, 0.2) is 0 Å². The summed E-state index contributed by atoms with van der Waals surface area (Å²) in [7, 11) is 0. The molecule has 0 atom stereocenters. The van der Waals surface area contributed by atoms with Crippen LogP contribution in [0.4, 0.5) is 0 Å². The Bertz CT molecular complexity index is 1090. The molecule has 5 nitrogen and oxygen atoms in total. The molecule has 0 heterocycles. The highest BCUT2D eigenvalue weighted by Gasteiger charge is 2.11. The van der Waals surface area contributed by atoms with Gasteiger partial charge in [-0.2, -0.15) is 5.10 Å². The van der Waals surface area contributed by atoms with Gasteiger partial charge in [-0.25, -0.2) is 5.43 Å². The smallest absolute Gasteiger partial charge is 0.271 e. The predicted molar refractivity (Wildman–Crippen MR) is 117 cm³/mol. The third-order valence-electron chi connectivity index (χ3n) is 5.27. The van der Waals surface area contributed by atoms with Crippen molar-refractivity contribution in [2.24, 2.45) is 5.10 Å². The molecule has 5 heteroatoms. The number of aryl methyl sites for hydroxylation is 2. The van der Waals surface area contributed by atoms with E-state index in [1.807, 2.05) is 24.3 Å². The summed E-state index contributed by atoms with van der Waals surface area (Å²) in [5.74, 6) is 0.765. The van der Waals surface area contributed by atoms with Crippen molar-refractivity contribution >= 4 is 11.6 Å². The molecule has 1 amide bonds. The highest BCUT2D eigenvalue weighted by Crippen LogP contribution is 2.26. The minimum absolute atomic E-state index is 0.189. The number of aromatic hydroxyl groups is 1. The van der Waals surface area contributed by atoms with Crippen LogP contribution in [0.1, 0.15) is 46.0 Å². The number of nitrogens with one attached hydrogen (secondary N) is 1. The van der Waals surface area contributed by atoms with Crippen LogP contribution in [0.15, 0.2) is 71.8 Å². The summed E-state index contributed by atoms with van der Waals surface area (Å²) in [5, 5.41) is 13.5. The molecule has 0 unspecified atom stereocenters. The van der Waals surface area contributed by atoms with E-state index in [1.54, 1.807) is 37.3 Å². The molecule has 2 N–H and O–H groups in total. The molecule has 0 fully saturated rings. The Morgan fingerprint density at radius 2 is 1.80 bits per heavy atom. The molecular formula is C25H24N2O3. The first-order valence-corrected chi connectivity index (χ1v) is 10.1. The molecular weight excluding hydrogens is 376 g/mol. The average molecular weight is 400 g/mol. The third-order valence-corrected chi connectivity index (χ3v) is 5.27. The molecule has 0 aliphatic heterocycles. The van der Waals surface area contributed by atoms with Gasteiger partial charge < -0.3 is 9.84 Å². The number of nitrogens with zero attached hydrogens (tertiary/aromatic N) is 1. The van der Waals surface area contributed by atoms with E-state index in [1.165, 1.54) is 17.5 Å². The van der Waals surface area contributed by atoms with Crippen molar-refractivity contribution < 1.29 is 14.6 Å². The van der Waals surface area contributed by atoms with Crippen LogP contribution in [-0.4, -0.2) is 16.7 Å². The zero-order valence-corrected chi connectivity index (χ0v) is 16.9. The molecule has 4 rings (SSSR count). The fourth-order valence-electron chi connectivity index (χ4n) is 3.57. The number of hydrazone groups is 1. The normalized spacial score (nSPS) is 13.0. The van der Waals surface area contributed by atoms with Crippen molar-refractivity contribution in [2.45, 2.75) is 32.8 Å². The Hall–Kier alpha value is -3.60. The van der Waals surface area contributed by atoms with Gasteiger partial charge >= 0.3 is 0 Å². The number of ether oxygens (including phenoxy) is 1. The highest BCUT2D eigenvalue weighted by molar-refractivity contribution is 6.00. The SMILES string of the molecule is C/C(=N\NC(=O)c1cccc(COc2ccc3c(c2)CCC3)c1)c1ccc(O)cc1. The molecule has 0 radical (unpaired) electrons. The van der Waals surface area contributed by atoms with Crippen LogP contribution in [0.3, 0.4) is 0 Å². The Morgan fingerprint density at radius 3 is 2.63 bits per heavy atom. The summed E-state index contributed by atoms with van der Waals surface area (Å²) in [6.07, 6.45) is 3.48. The van der Waals surface area contributed by atoms with Gasteiger partial charge in [-0.3, -0.25) is 4.79 Å². The number of benzene rings is 3. The van der Waals surface area contributed by atoms with Gasteiger partial charge in [-0.1, -0.05) is 18.2 Å². The number of carbonyl (C=O) groups excluding carboxylic acids is 1. The van der Waals surface area contributed by atoms with Gasteiger partial charge in [-0.15, -0.1) is 0 Å². The van der Waals surface area contributed by atoms with Gasteiger partial charge in [0, 0.05) is 5.56 Å². The van der Waals surface area contributed by atoms with Gasteiger partial charge in [0.2, 0.25) is 0 Å². The molecule has 0 saturated heterocycles. The summed E-state index contributed by atoms with van der Waals surface area (Å²) in [5.41, 5.74) is 8.30. The molecule has 3 aromatic carbocycles. The lowest BCUT2D eigenvalue weighted by Gasteiger charge is -2.09. The highest BCUT2D eigenvalue weighted by atomic mass is 16.5. The van der Waals surface area contributed by atoms with Crippen molar-refractivity contribution in [3.63, 3.8) is 0 Å². The van der Waals surface area contributed by atoms with Crippen LogP contribution in [0.25, 0.3) is 0 Å². The Morgan fingerprint density at radius 1 is 1.00 bits per heavy atom. The quantitative estimate of drug-likeness (QED) is 0.469. The Kier molecular flexibility index (Phi) is 5.80. The lowest BCUT2D eigenvalue weighted by molar-refractivity contribution is 0.0954. The maximum atomic E-state index is 12.5. The molecule has 1 aliphatic carbocycles. The molecule has 152 valence electrons. The summed E-state index contributed by atoms with van der Waals surface area (Å²) >= 11 is 0. The molecule has 0 spiro atoms. The van der Waals surface area contributed by atoms with E-state index in [2.05, 4.69) is 22.7 Å². The summed E-state index contributed by atoms with van der Waals surface area (Å²) in [6.45, 7) is 2.20. The van der Waals surface area contributed by atoms with Crippen LogP contribution in [0, 0.1) is 0 Å². The van der Waals surface area contributed by atoms with Gasteiger partial charge in [0.1, 0.15) is 18.1 Å². The minimum Gasteiger partial charge on any atom is -0.508 e. The predicted octanol–water partition coefficient (Wildman–Crippen LogP) is 4.61. The number of fused-ring (bicyclic) bond motifs is 1. The minimum atomic E-state index is -0.285. The van der Waals surface area contributed by atoms with E-state index in [0.717, 1.165) is 29.7 Å². The van der Waals surface area contributed by atoms with Crippen LogP contribution >= 0.6 is 0 Å². The molecule has 30 heavy (non-hydrogen) atoms. The van der Waals surface area contributed by atoms with Crippen LogP contribution in [0.5, 0.6) is 11.5 Å². The Balaban J connectivity index is 1.38. The van der Waals surface area contributed by atoms with E-state index in [0.29, 0.717) is 17.9 Å². The van der Waals surface area contributed by atoms with Crippen LogP contribution in [-0.2, 0) is 19.4 Å². The van der Waals surface area contributed by atoms with Crippen molar-refractivity contribution in [1.29, 1.82) is 0 Å². The topological polar surface area (TPSA) is 70.9 Å². The van der Waals surface area contributed by atoms with E-state index >= 15 is 0 Å². The number of hydrogen-bond acceptors (Lipinski definition) is 4. The largest absolute Gasteiger partial charge is 0.508 e. The van der Waals surface area contributed by atoms with Crippen LogP contribution in [0.2, 0.25) is 0 Å². The molecule has 0 saturated carbocycles. The average Bonchev–Trinajstić information content (AvgIpc) is 3.24. The third kappa shape index (κ3) is 4.69. The Labute approximate surface area is 176 Å². The number of phenols is 1. The summed E-state index contributed by atoms with van der Waals surface area (Å²) in [6, 6.07) is 20.3. The lowest BCUT2D eigenvalue weighted by atomic mass is 10.1. The standard InChI is InChI=1S/C25H24N2O3/c1-17(19-8-11-23(28)12-9-19)26-27-25(29)22-7-2-4-18(14-22)16-30-24-13-10-20-5-3-6-21(20)15-24/h2,4,7-15,28H,3,5-6,16H2,1H3,(H,27,29)/b26-17+. The van der Waals surface area contributed by atoms with Crippen molar-refractivity contribution in [2.75, 3.05) is 0 Å². The van der Waals surface area contributed by atoms with Crippen LogP contribution < -0.4 is 10.2 Å². The monoisotopic (exact) mass is 400 g/mol. The summed E-state index contributed by atoms with van der Waals surface area (Å²) < 4.78 is 5.94. The molecule has 0 bridgehead atoms. The van der Waals surface area contributed by atoms with E-state index in [4.69, 9.17) is 4.74 Å². The van der Waals surface area contributed by atoms with Crippen molar-refractivity contribution in [3.05, 3.63) is 94.5 Å². The number of phenolic OH excluding ortho intramolecular Hbond substituents is 1. The second-order valence-corrected chi connectivity index (χ2v) is 7.46. The zero-order valence-electron chi connectivity index (χ0n) is 16.9. The van der Waals surface area contributed by atoms with Gasteiger partial charge in [-0.05, 0) is 97.0 Å². The van der Waals surface area contributed by atoms with Crippen molar-refractivity contribution in [3.8, 4) is 11.5 Å². The molecule has 3 aromatic rings. The zero-order chi connectivity index (χ0) is 20.9. The van der Waals surface area contributed by atoms with Gasteiger partial charge in [0.25, 0.3) is 5.91 Å². The van der Waals surface area contributed by atoms with Crippen molar-refractivity contribution in [1.82, 2.24) is 5.43 Å². The summed E-state index contributed by atoms with van der Waals surface area (Å²) in [4.78, 5) is 12.5. The lowest BCUT2D eigenvalue weighted by Crippen LogP contribution is -2.19. The molecule has 1 aliphatic rings. The molecule has 0 aromatic heterocycles. The number of carbonyl (C=O) groups is 1. The van der Waals surface area contributed by atoms with E-state index in [9.17, 15) is 9.90 Å². The van der Waals surface area contributed by atoms with E-state index < -0.39 is 0 Å². The fourth-order valence-corrected chi connectivity index (χ4v) is 3.57. The first kappa shape index (κ1) is 19.7. The maximum Gasteiger partial charge on any atom is 0.271 e. The second-order valence-electron chi connectivity index (χ2n) is 7.46. The first-order chi connectivity index (χ1) is 14.6. The fraction of sp³-hybridized carbons (Fsp3) is 0.200. The number of amides is 1. The second kappa shape index (κ2) is 8.82. The number of rotatable bonds is 6. The first-order valence-electron chi connectivity index (χ1n) is 10.1. The van der Waals surface area contributed by atoms with E-state index in [-0.39, 0.29) is 11.7 Å². The number of hydrogen-bond donors (Lipinski definition) is 2. The maximum absolute atomic E-state index is 12.5. The van der Waals surface area contributed by atoms with Gasteiger partial charge in [0.05, 0.1) is 5.71 Å².